The molecule has 5 atom stereocenters. The minimum Gasteiger partial charge on any atom is -0.656 e. The maximum Gasteiger partial charge on any atom is 0.224 e. The second kappa shape index (κ2) is 12.5. The van der Waals surface area contributed by atoms with Crippen LogP contribution in [0.25, 0.3) is 5.32 Å². The summed E-state index contributed by atoms with van der Waals surface area (Å²) in [4.78, 5) is 23.7. The van der Waals surface area contributed by atoms with Gasteiger partial charge in [-0.15, -0.1) is 7.05 Å². The molecule has 2 aliphatic rings. The first-order valence-corrected chi connectivity index (χ1v) is 8.18. The van der Waals surface area contributed by atoms with Gasteiger partial charge in [0.25, 0.3) is 0 Å². The molecule has 22 heavy (non-hydrogen) atoms. The molecular formula is C17H32N2O2Y-2. The number of nitrogens with one attached hydrogen (secondary N) is 1. The van der Waals surface area contributed by atoms with Crippen LogP contribution in [-0.2, 0) is 42.3 Å². The number of hydrogen-bond donors (Lipinski definition) is 1. The summed E-state index contributed by atoms with van der Waals surface area (Å²) in [6, 6.07) is 0. The molecule has 5 heteroatoms. The summed E-state index contributed by atoms with van der Waals surface area (Å²) in [5.41, 5.74) is 0. The maximum absolute atomic E-state index is 11.9. The van der Waals surface area contributed by atoms with Gasteiger partial charge in [-0.05, 0) is 24.2 Å². The molecule has 4 nitrogen and oxygen atoms in total. The first-order chi connectivity index (χ1) is 10.1. The normalized spacial score (nSPS) is 32.5. The molecule has 0 aromatic carbocycles. The monoisotopic (exact) mass is 385 g/mol. The first kappa shape index (κ1) is 24.3. The van der Waals surface area contributed by atoms with Crippen LogP contribution in [0.5, 0.6) is 0 Å². The summed E-state index contributed by atoms with van der Waals surface area (Å²) < 4.78 is 0. The number of carbonyl (C=O) groups is 2. The quantitative estimate of drug-likeness (QED) is 0.741. The van der Waals surface area contributed by atoms with Crippen LogP contribution in [0.1, 0.15) is 47.5 Å². The molecule has 1 aliphatic carbocycles. The summed E-state index contributed by atoms with van der Waals surface area (Å²) in [7, 11) is 1.52. The molecule has 1 N–H and O–H groups in total. The van der Waals surface area contributed by atoms with Crippen LogP contribution < -0.4 is 5.32 Å². The molecule has 1 saturated heterocycles. The number of rotatable bonds is 2. The predicted molar refractivity (Wildman–Crippen MR) is 87.7 cm³/mol. The van der Waals surface area contributed by atoms with E-state index in [1.54, 1.807) is 6.92 Å². The fourth-order valence-electron chi connectivity index (χ4n) is 3.45. The van der Waals surface area contributed by atoms with E-state index in [2.05, 4.69) is 31.4 Å². The van der Waals surface area contributed by atoms with Gasteiger partial charge in [-0.25, -0.2) is 0 Å². The van der Waals surface area contributed by atoms with Crippen molar-refractivity contribution in [2.75, 3.05) is 13.6 Å². The van der Waals surface area contributed by atoms with Crippen LogP contribution in [0.3, 0.4) is 0 Å². The van der Waals surface area contributed by atoms with Gasteiger partial charge in [0.1, 0.15) is 0 Å². The van der Waals surface area contributed by atoms with Crippen molar-refractivity contribution in [2.45, 2.75) is 47.5 Å². The van der Waals surface area contributed by atoms with Crippen molar-refractivity contribution in [3.05, 3.63) is 12.2 Å². The van der Waals surface area contributed by atoms with E-state index in [9.17, 15) is 9.59 Å². The average molecular weight is 385 g/mol. The summed E-state index contributed by atoms with van der Waals surface area (Å²) in [5.74, 6) is 1.08. The average Bonchev–Trinajstić information content (AvgIpc) is 3.06. The predicted octanol–water partition coefficient (Wildman–Crippen LogP) is 3.42. The van der Waals surface area contributed by atoms with Crippen LogP contribution in [0.4, 0.5) is 0 Å². The van der Waals surface area contributed by atoms with Crippen molar-refractivity contribution in [3.8, 4) is 0 Å². The van der Waals surface area contributed by atoms with Crippen molar-refractivity contribution in [1.29, 1.82) is 0 Å². The van der Waals surface area contributed by atoms with Gasteiger partial charge < -0.3 is 22.4 Å². The Balaban J connectivity index is 0. The van der Waals surface area contributed by atoms with Crippen molar-refractivity contribution in [2.24, 2.45) is 29.6 Å². The van der Waals surface area contributed by atoms with Crippen molar-refractivity contribution >= 4 is 11.8 Å². The van der Waals surface area contributed by atoms with Gasteiger partial charge in [-0.3, -0.25) is 4.79 Å². The largest absolute Gasteiger partial charge is 0.656 e. The molecule has 0 bridgehead atoms. The molecule has 127 valence electrons. The van der Waals surface area contributed by atoms with E-state index < -0.39 is 0 Å². The van der Waals surface area contributed by atoms with Gasteiger partial charge in [0.05, 0.1) is 11.8 Å². The maximum atomic E-state index is 11.9. The van der Waals surface area contributed by atoms with Crippen LogP contribution in [-0.4, -0.2) is 25.4 Å². The van der Waals surface area contributed by atoms with Crippen LogP contribution in [0.15, 0.2) is 0 Å². The van der Waals surface area contributed by atoms with Gasteiger partial charge in [0.2, 0.25) is 5.91 Å². The smallest absolute Gasteiger partial charge is 0.224 e. The number of carbonyl (C=O) groups excluding carboxylic acids is 2. The van der Waals surface area contributed by atoms with Gasteiger partial charge in [0.15, 0.2) is 0 Å². The molecule has 2 fully saturated rings. The Morgan fingerprint density at radius 3 is 2.18 bits per heavy atom. The Labute approximate surface area is 161 Å². The summed E-state index contributed by atoms with van der Waals surface area (Å²) in [5, 5.41) is 6.57. The molecule has 0 aromatic rings. The minimum atomic E-state index is -0.231. The van der Waals surface area contributed by atoms with Gasteiger partial charge >= 0.3 is 0 Å². The molecule has 2 rings (SSSR count). The molecule has 2 amide bonds. The number of nitrogens with zero attached hydrogens (tertiary/aromatic N) is 1. The molecule has 2 unspecified atom stereocenters. The SMILES string of the molecule is CC.C[N-]C(=O)C1CNC(=O)C1[C@H]1CC[C@@H](C)[C@H]1C.[CH2-]C.[Y]. The third kappa shape index (κ3) is 5.60. The van der Waals surface area contributed by atoms with E-state index in [0.717, 1.165) is 6.42 Å². The van der Waals surface area contributed by atoms with E-state index in [-0.39, 0.29) is 56.4 Å². The zero-order valence-electron chi connectivity index (χ0n) is 15.1. The third-order valence-electron chi connectivity index (χ3n) is 4.76. The second-order valence-electron chi connectivity index (χ2n) is 5.52. The first-order valence-electron chi connectivity index (χ1n) is 8.18. The number of hydrogen-bond acceptors (Lipinski definition) is 2. The Hall–Kier alpha value is 0.0439. The third-order valence-corrected chi connectivity index (χ3v) is 4.76. The second-order valence-corrected chi connectivity index (χ2v) is 5.52. The summed E-state index contributed by atoms with van der Waals surface area (Å²) >= 11 is 0. The molecular weight excluding hydrogens is 353 g/mol. The minimum absolute atomic E-state index is 0. The fourth-order valence-corrected chi connectivity index (χ4v) is 3.45. The zero-order chi connectivity index (χ0) is 16.6. The van der Waals surface area contributed by atoms with E-state index in [0.29, 0.717) is 24.3 Å². The van der Waals surface area contributed by atoms with E-state index in [4.69, 9.17) is 0 Å². The van der Waals surface area contributed by atoms with Crippen molar-refractivity contribution in [1.82, 2.24) is 5.32 Å². The fraction of sp³-hybridized carbons (Fsp3) is 0.824. The molecule has 1 saturated carbocycles. The van der Waals surface area contributed by atoms with Gasteiger partial charge in [0, 0.05) is 45.2 Å². The molecule has 1 aliphatic heterocycles. The van der Waals surface area contributed by atoms with E-state index in [1.165, 1.54) is 13.5 Å². The van der Waals surface area contributed by atoms with E-state index >= 15 is 0 Å². The summed E-state index contributed by atoms with van der Waals surface area (Å²) in [6.07, 6.45) is 2.23. The summed E-state index contributed by atoms with van der Waals surface area (Å²) in [6.45, 7) is 13.9. The zero-order valence-corrected chi connectivity index (χ0v) is 17.9. The molecule has 0 spiro atoms. The van der Waals surface area contributed by atoms with E-state index in [1.807, 2.05) is 13.8 Å². The van der Waals surface area contributed by atoms with Crippen LogP contribution in [0.2, 0.25) is 0 Å². The van der Waals surface area contributed by atoms with Gasteiger partial charge in [-0.1, -0.05) is 34.1 Å². The molecule has 1 heterocycles. The Bertz CT molecular complexity index is 337. The number of amides is 2. The Morgan fingerprint density at radius 1 is 1.23 bits per heavy atom. The Kier molecular flexibility index (Phi) is 13.8. The standard InChI is InChI=1S/C13H22N2O2.C2H6.C2H5.Y/c1-7-4-5-9(8(7)2)11-10(12(16)14-3)6-15-13(11)17;2*1-2;/h7-11H,4-6H2,1-3H3,(H2,14,15,16,17);1-2H3;1H2,2H3;/q;;-1;/p-1/t7-,8-,9+,10?,11?;;;/m1.../s1. The van der Waals surface area contributed by atoms with Crippen molar-refractivity contribution < 1.29 is 42.3 Å². The van der Waals surface area contributed by atoms with Crippen molar-refractivity contribution in [3.63, 3.8) is 0 Å². The Morgan fingerprint density at radius 2 is 1.77 bits per heavy atom. The molecule has 1 radical (unpaired) electrons. The van der Waals surface area contributed by atoms with Crippen LogP contribution >= 0.6 is 0 Å². The topological polar surface area (TPSA) is 60.3 Å². The van der Waals surface area contributed by atoms with Crippen LogP contribution in [0, 0.1) is 36.5 Å². The van der Waals surface area contributed by atoms with Gasteiger partial charge in [-0.2, -0.15) is 6.92 Å². The molecule has 0 aromatic heterocycles.